The lowest BCUT2D eigenvalue weighted by atomic mass is 10.1. The van der Waals surface area contributed by atoms with Crippen LogP contribution in [0.25, 0.3) is 10.8 Å². The molecule has 1 aliphatic rings. The Hall–Kier alpha value is -2.27. The minimum Gasteiger partial charge on any atom is -0.496 e. The van der Waals surface area contributed by atoms with Crippen LogP contribution in [0.5, 0.6) is 5.75 Å². The van der Waals surface area contributed by atoms with Gasteiger partial charge < -0.3 is 15.0 Å². The molecule has 3 aromatic rings. The number of hydrogen-bond acceptors (Lipinski definition) is 3. The van der Waals surface area contributed by atoms with E-state index in [-0.39, 0.29) is 18.3 Å². The fourth-order valence-corrected chi connectivity index (χ4v) is 5.04. The van der Waals surface area contributed by atoms with Crippen LogP contribution in [0.1, 0.15) is 54.4 Å². The summed E-state index contributed by atoms with van der Waals surface area (Å²) in [7, 11) is 1.73. The van der Waals surface area contributed by atoms with Crippen LogP contribution in [0, 0.1) is 5.92 Å². The van der Waals surface area contributed by atoms with Crippen LogP contribution in [0.4, 0.5) is 0 Å². The zero-order valence-corrected chi connectivity index (χ0v) is 22.2. The third-order valence-electron chi connectivity index (χ3n) is 6.74. The molecule has 1 aliphatic carbocycles. The molecule has 188 valence electrons. The smallest absolute Gasteiger partial charge is 0.251 e. The van der Waals surface area contributed by atoms with Crippen LogP contribution in [0.3, 0.4) is 0 Å². The summed E-state index contributed by atoms with van der Waals surface area (Å²) in [6.07, 6.45) is 4.40. The molecule has 1 N–H and O–H groups in total. The number of fused-ring (bicyclic) bond motifs is 1. The van der Waals surface area contributed by atoms with Gasteiger partial charge in [0.15, 0.2) is 0 Å². The van der Waals surface area contributed by atoms with Gasteiger partial charge in [-0.3, -0.25) is 4.79 Å². The van der Waals surface area contributed by atoms with Gasteiger partial charge in [0.05, 0.1) is 7.11 Å². The summed E-state index contributed by atoms with van der Waals surface area (Å²) in [5.41, 5.74) is 1.97. The second-order valence-electron chi connectivity index (χ2n) is 9.31. The Bertz CT molecular complexity index is 1120. The lowest BCUT2D eigenvalue weighted by Crippen LogP contribution is -2.29. The minimum atomic E-state index is 0. The van der Waals surface area contributed by atoms with Gasteiger partial charge in [0.1, 0.15) is 5.75 Å². The van der Waals surface area contributed by atoms with Crippen molar-refractivity contribution in [2.75, 3.05) is 33.3 Å². The molecule has 2 unspecified atom stereocenters. The molecule has 0 bridgehead atoms. The number of methoxy groups -OCH3 is 1. The number of rotatable bonds is 12. The van der Waals surface area contributed by atoms with Crippen molar-refractivity contribution in [3.8, 4) is 5.75 Å². The first-order valence-corrected chi connectivity index (χ1v) is 12.8. The van der Waals surface area contributed by atoms with E-state index >= 15 is 0 Å². The first-order chi connectivity index (χ1) is 16.6. The molecule has 4 nitrogen and oxygen atoms in total. The van der Waals surface area contributed by atoms with Crippen molar-refractivity contribution in [2.45, 2.75) is 38.5 Å². The lowest BCUT2D eigenvalue weighted by molar-refractivity contribution is 0.0952. The number of nitrogens with zero attached hydrogens (tertiary/aromatic N) is 1. The van der Waals surface area contributed by atoms with Crippen molar-refractivity contribution in [1.29, 1.82) is 0 Å². The van der Waals surface area contributed by atoms with E-state index in [1.807, 2.05) is 48.5 Å². The third kappa shape index (κ3) is 7.36. The van der Waals surface area contributed by atoms with Gasteiger partial charge in [-0.1, -0.05) is 48.9 Å². The average molecular weight is 516 g/mol. The van der Waals surface area contributed by atoms with Crippen molar-refractivity contribution in [3.05, 3.63) is 76.8 Å². The predicted molar refractivity (Wildman–Crippen MR) is 148 cm³/mol. The topological polar surface area (TPSA) is 41.6 Å². The summed E-state index contributed by atoms with van der Waals surface area (Å²) in [5.74, 6) is 2.15. The monoisotopic (exact) mass is 514 g/mol. The van der Waals surface area contributed by atoms with Crippen LogP contribution < -0.4 is 10.1 Å². The van der Waals surface area contributed by atoms with Crippen LogP contribution in [-0.4, -0.2) is 44.1 Å². The molecule has 0 radical (unpaired) electrons. The molecule has 0 saturated heterocycles. The number of amides is 1. The summed E-state index contributed by atoms with van der Waals surface area (Å²) in [6, 6.07) is 19.9. The molecule has 1 saturated carbocycles. The van der Waals surface area contributed by atoms with Crippen molar-refractivity contribution in [2.24, 2.45) is 5.92 Å². The van der Waals surface area contributed by atoms with Crippen molar-refractivity contribution in [1.82, 2.24) is 10.2 Å². The van der Waals surface area contributed by atoms with Crippen LogP contribution >= 0.6 is 24.0 Å². The lowest BCUT2D eigenvalue weighted by Gasteiger charge is -2.22. The van der Waals surface area contributed by atoms with E-state index in [4.69, 9.17) is 16.3 Å². The Kier molecular flexibility index (Phi) is 10.3. The molecule has 0 aromatic heterocycles. The van der Waals surface area contributed by atoms with Crippen LogP contribution in [0.2, 0.25) is 5.02 Å². The standard InChI is InChI=1S/C29H35ClN2O2.ClH/c1-3-15-32(20-24-18-26(24)27-19-25(30)12-13-28(27)34-2)16-7-6-14-31-29(33)23-11-10-21-8-4-5-9-22(21)17-23;/h4-5,8-13,17,19,24,26H,3,6-7,14-16,18,20H2,1-2H3,(H,31,33);1H. The maximum Gasteiger partial charge on any atom is 0.251 e. The summed E-state index contributed by atoms with van der Waals surface area (Å²) in [6.45, 7) is 6.23. The van der Waals surface area contributed by atoms with E-state index in [2.05, 4.69) is 29.3 Å². The quantitative estimate of drug-likeness (QED) is 0.266. The second kappa shape index (κ2) is 13.2. The van der Waals surface area contributed by atoms with E-state index in [0.717, 1.165) is 66.0 Å². The van der Waals surface area contributed by atoms with Gasteiger partial charge in [-0.2, -0.15) is 0 Å². The van der Waals surface area contributed by atoms with E-state index in [1.165, 1.54) is 12.0 Å². The molecule has 0 heterocycles. The minimum absolute atomic E-state index is 0. The van der Waals surface area contributed by atoms with Gasteiger partial charge in [0.2, 0.25) is 0 Å². The molecule has 1 fully saturated rings. The SMILES string of the molecule is CCCN(CCCCNC(=O)c1ccc2ccccc2c1)CC1CC1c1cc(Cl)ccc1OC.Cl. The highest BCUT2D eigenvalue weighted by Crippen LogP contribution is 2.51. The number of hydrogen-bond donors (Lipinski definition) is 1. The van der Waals surface area contributed by atoms with E-state index in [9.17, 15) is 4.79 Å². The summed E-state index contributed by atoms with van der Waals surface area (Å²) in [4.78, 5) is 15.1. The molecular weight excluding hydrogens is 479 g/mol. The Morgan fingerprint density at radius 2 is 1.86 bits per heavy atom. The highest BCUT2D eigenvalue weighted by atomic mass is 35.5. The van der Waals surface area contributed by atoms with E-state index in [1.54, 1.807) is 7.11 Å². The molecule has 1 amide bonds. The number of halogens is 2. The molecule has 35 heavy (non-hydrogen) atoms. The van der Waals surface area contributed by atoms with Gasteiger partial charge in [-0.25, -0.2) is 0 Å². The number of nitrogens with one attached hydrogen (secondary N) is 1. The maximum atomic E-state index is 12.5. The first kappa shape index (κ1) is 27.3. The first-order valence-electron chi connectivity index (χ1n) is 12.4. The van der Waals surface area contributed by atoms with E-state index < -0.39 is 0 Å². The summed E-state index contributed by atoms with van der Waals surface area (Å²) >= 11 is 6.24. The highest BCUT2D eigenvalue weighted by Gasteiger charge is 2.40. The Morgan fingerprint density at radius 3 is 2.63 bits per heavy atom. The number of carbonyl (C=O) groups is 1. The highest BCUT2D eigenvalue weighted by molar-refractivity contribution is 6.30. The maximum absolute atomic E-state index is 12.5. The average Bonchev–Trinajstić information content (AvgIpc) is 3.62. The largest absolute Gasteiger partial charge is 0.496 e. The predicted octanol–water partition coefficient (Wildman–Crippen LogP) is 6.95. The van der Waals surface area contributed by atoms with Gasteiger partial charge in [0, 0.05) is 23.7 Å². The third-order valence-corrected chi connectivity index (χ3v) is 6.98. The Balaban J connectivity index is 0.00000342. The second-order valence-corrected chi connectivity index (χ2v) is 9.75. The Labute approximate surface area is 220 Å². The zero-order valence-electron chi connectivity index (χ0n) is 20.6. The number of ether oxygens (including phenoxy) is 1. The van der Waals surface area contributed by atoms with Crippen LogP contribution in [-0.2, 0) is 0 Å². The van der Waals surface area contributed by atoms with Gasteiger partial charge in [-0.05, 0) is 97.3 Å². The molecule has 0 spiro atoms. The Morgan fingerprint density at radius 1 is 1.06 bits per heavy atom. The van der Waals surface area contributed by atoms with Crippen molar-refractivity contribution < 1.29 is 9.53 Å². The van der Waals surface area contributed by atoms with Crippen molar-refractivity contribution in [3.63, 3.8) is 0 Å². The van der Waals surface area contributed by atoms with Crippen molar-refractivity contribution >= 4 is 40.7 Å². The molecule has 3 aromatic carbocycles. The normalized spacial score (nSPS) is 16.7. The zero-order chi connectivity index (χ0) is 23.9. The molecule has 6 heteroatoms. The molecular formula is C29H36Cl2N2O2. The fraction of sp³-hybridized carbons (Fsp3) is 0.414. The number of benzene rings is 3. The van der Waals surface area contributed by atoms with Gasteiger partial charge in [-0.15, -0.1) is 12.4 Å². The summed E-state index contributed by atoms with van der Waals surface area (Å²) < 4.78 is 5.56. The molecule has 0 aliphatic heterocycles. The fourth-order valence-electron chi connectivity index (χ4n) is 4.86. The summed E-state index contributed by atoms with van der Waals surface area (Å²) in [5, 5.41) is 6.11. The van der Waals surface area contributed by atoms with Crippen LogP contribution in [0.15, 0.2) is 60.7 Å². The van der Waals surface area contributed by atoms with E-state index in [0.29, 0.717) is 18.4 Å². The number of carbonyl (C=O) groups excluding carboxylic acids is 1. The number of unbranched alkanes of at least 4 members (excludes halogenated alkanes) is 1. The molecule has 2 atom stereocenters. The van der Waals surface area contributed by atoms with Gasteiger partial charge in [0.25, 0.3) is 5.91 Å². The van der Waals surface area contributed by atoms with Gasteiger partial charge >= 0.3 is 0 Å². The molecule has 4 rings (SSSR count).